The summed E-state index contributed by atoms with van der Waals surface area (Å²) in [6, 6.07) is 5.19. The van der Waals surface area contributed by atoms with Crippen molar-refractivity contribution in [3.05, 3.63) is 47.8 Å². The fraction of sp³-hybridized carbons (Fsp3) is 0.385. The Hall–Kier alpha value is -1.89. The average molecular weight is 284 g/mol. The summed E-state index contributed by atoms with van der Waals surface area (Å²) < 4.78 is 38.9. The molecule has 20 heavy (non-hydrogen) atoms. The van der Waals surface area contributed by atoms with E-state index in [1.165, 1.54) is 12.1 Å². The van der Waals surface area contributed by atoms with Crippen LogP contribution >= 0.6 is 0 Å². The Kier molecular flexibility index (Phi) is 4.73. The summed E-state index contributed by atoms with van der Waals surface area (Å²) in [4.78, 5) is 0. The Morgan fingerprint density at radius 3 is 2.50 bits per heavy atom. The lowest BCUT2D eigenvalue weighted by Gasteiger charge is -2.08. The van der Waals surface area contributed by atoms with Crippen LogP contribution in [0.1, 0.15) is 17.5 Å². The first-order chi connectivity index (χ1) is 9.55. The normalized spacial score (nSPS) is 11.8. The highest BCUT2D eigenvalue weighted by Gasteiger charge is 2.29. The van der Waals surface area contributed by atoms with Crippen molar-refractivity contribution in [3.63, 3.8) is 0 Å². The van der Waals surface area contributed by atoms with Gasteiger partial charge in [-0.3, -0.25) is 4.68 Å². The molecule has 1 aromatic carbocycles. The van der Waals surface area contributed by atoms with Crippen molar-refractivity contribution in [1.29, 1.82) is 0 Å². The molecule has 0 radical (unpaired) electrons. The van der Waals surface area contributed by atoms with Crippen molar-refractivity contribution in [1.82, 2.24) is 20.3 Å². The monoisotopic (exact) mass is 284 g/mol. The van der Waals surface area contributed by atoms with Crippen molar-refractivity contribution in [2.24, 2.45) is 0 Å². The van der Waals surface area contributed by atoms with Crippen LogP contribution in [0.25, 0.3) is 0 Å². The van der Waals surface area contributed by atoms with Gasteiger partial charge in [0.25, 0.3) is 0 Å². The lowest BCUT2D eigenvalue weighted by Crippen LogP contribution is -2.17. The summed E-state index contributed by atoms with van der Waals surface area (Å²) in [5, 5.41) is 10.7. The summed E-state index contributed by atoms with van der Waals surface area (Å²) in [7, 11) is 0. The van der Waals surface area contributed by atoms with Crippen LogP contribution in [0.4, 0.5) is 13.2 Å². The Labute approximate surface area is 114 Å². The van der Waals surface area contributed by atoms with Crippen LogP contribution in [0.15, 0.2) is 36.7 Å². The van der Waals surface area contributed by atoms with Gasteiger partial charge in [0, 0.05) is 19.3 Å². The Morgan fingerprint density at radius 1 is 1.15 bits per heavy atom. The van der Waals surface area contributed by atoms with Crippen LogP contribution in [0, 0.1) is 0 Å². The number of alkyl halides is 3. The Bertz CT molecular complexity index is 505. The van der Waals surface area contributed by atoms with Crippen molar-refractivity contribution in [2.75, 3.05) is 6.54 Å². The molecule has 0 aliphatic heterocycles. The fourth-order valence-corrected chi connectivity index (χ4v) is 1.76. The van der Waals surface area contributed by atoms with Gasteiger partial charge in [0.2, 0.25) is 0 Å². The lowest BCUT2D eigenvalue weighted by molar-refractivity contribution is -0.137. The maximum Gasteiger partial charge on any atom is 0.416 e. The van der Waals surface area contributed by atoms with E-state index in [9.17, 15) is 13.2 Å². The van der Waals surface area contributed by atoms with Gasteiger partial charge in [0.1, 0.15) is 0 Å². The second-order valence-corrected chi connectivity index (χ2v) is 4.39. The Balaban J connectivity index is 1.69. The molecule has 0 spiro atoms. The van der Waals surface area contributed by atoms with E-state index in [4.69, 9.17) is 0 Å². The van der Waals surface area contributed by atoms with Crippen molar-refractivity contribution >= 4 is 0 Å². The molecule has 0 unspecified atom stereocenters. The second-order valence-electron chi connectivity index (χ2n) is 4.39. The van der Waals surface area contributed by atoms with Crippen LogP contribution in [0.3, 0.4) is 0 Å². The molecule has 1 aromatic heterocycles. The molecule has 0 saturated carbocycles. The van der Waals surface area contributed by atoms with Gasteiger partial charge in [-0.2, -0.15) is 13.2 Å². The fourth-order valence-electron chi connectivity index (χ4n) is 1.76. The smallest absolute Gasteiger partial charge is 0.313 e. The number of nitrogens with zero attached hydrogens (tertiary/aromatic N) is 3. The maximum absolute atomic E-state index is 12.4. The molecule has 7 heteroatoms. The van der Waals surface area contributed by atoms with E-state index in [0.717, 1.165) is 37.2 Å². The predicted octanol–water partition coefficient (Wildman–Crippen LogP) is 2.48. The number of aryl methyl sites for hydroxylation is 1. The average Bonchev–Trinajstić information content (AvgIpc) is 2.91. The molecule has 0 atom stereocenters. The summed E-state index contributed by atoms with van der Waals surface area (Å²) in [6.45, 7) is 2.08. The Morgan fingerprint density at radius 2 is 1.90 bits per heavy atom. The second kappa shape index (κ2) is 6.51. The van der Waals surface area contributed by atoms with Gasteiger partial charge in [-0.05, 0) is 30.7 Å². The van der Waals surface area contributed by atoms with E-state index in [1.54, 1.807) is 17.1 Å². The van der Waals surface area contributed by atoms with Crippen LogP contribution < -0.4 is 5.32 Å². The summed E-state index contributed by atoms with van der Waals surface area (Å²) in [5.41, 5.74) is 0.214. The zero-order chi connectivity index (χ0) is 14.4. The number of benzene rings is 1. The third-order valence-electron chi connectivity index (χ3n) is 2.82. The highest BCUT2D eigenvalue weighted by Crippen LogP contribution is 2.28. The van der Waals surface area contributed by atoms with Crippen molar-refractivity contribution < 1.29 is 13.2 Å². The van der Waals surface area contributed by atoms with E-state index in [1.807, 2.05) is 0 Å². The zero-order valence-electron chi connectivity index (χ0n) is 10.8. The zero-order valence-corrected chi connectivity index (χ0v) is 10.8. The minimum absolute atomic E-state index is 0.551. The van der Waals surface area contributed by atoms with Gasteiger partial charge in [-0.25, -0.2) is 0 Å². The summed E-state index contributed by atoms with van der Waals surface area (Å²) in [5.74, 6) is 0. The van der Waals surface area contributed by atoms with Crippen LogP contribution in [-0.2, 0) is 19.3 Å². The van der Waals surface area contributed by atoms with Crippen LogP contribution in [0.2, 0.25) is 0 Å². The molecule has 0 bridgehead atoms. The van der Waals surface area contributed by atoms with Gasteiger partial charge in [0.15, 0.2) is 0 Å². The van der Waals surface area contributed by atoms with Gasteiger partial charge in [0.05, 0.1) is 11.8 Å². The molecular weight excluding hydrogens is 269 g/mol. The molecule has 2 aromatic rings. The highest BCUT2D eigenvalue weighted by molar-refractivity contribution is 5.24. The molecule has 2 rings (SSSR count). The number of aromatic nitrogens is 3. The summed E-state index contributed by atoms with van der Waals surface area (Å²) >= 11 is 0. The lowest BCUT2D eigenvalue weighted by atomic mass is 10.1. The van der Waals surface area contributed by atoms with Gasteiger partial charge < -0.3 is 5.32 Å². The first-order valence-electron chi connectivity index (χ1n) is 6.26. The van der Waals surface area contributed by atoms with Gasteiger partial charge in [-0.1, -0.05) is 17.3 Å². The first-order valence-corrected chi connectivity index (χ1v) is 6.26. The minimum atomic E-state index is -4.27. The standard InChI is InChI=1S/C13H15F3N4/c14-13(15,16)12-4-2-11(3-5-12)10-17-6-1-8-20-9-7-18-19-20/h2-5,7,9,17H,1,6,8,10H2. The molecule has 0 amide bonds. The van der Waals surface area contributed by atoms with E-state index in [2.05, 4.69) is 15.6 Å². The predicted molar refractivity (Wildman–Crippen MR) is 67.8 cm³/mol. The third-order valence-corrected chi connectivity index (χ3v) is 2.82. The molecule has 0 aliphatic carbocycles. The molecule has 0 fully saturated rings. The minimum Gasteiger partial charge on any atom is -0.313 e. The van der Waals surface area contributed by atoms with Crippen molar-refractivity contribution in [2.45, 2.75) is 25.7 Å². The van der Waals surface area contributed by atoms with E-state index < -0.39 is 11.7 Å². The molecule has 108 valence electrons. The number of hydrogen-bond acceptors (Lipinski definition) is 3. The molecule has 1 N–H and O–H groups in total. The SMILES string of the molecule is FC(F)(F)c1ccc(CNCCCn2ccnn2)cc1. The molecule has 0 saturated heterocycles. The first kappa shape index (κ1) is 14.5. The molecule has 1 heterocycles. The topological polar surface area (TPSA) is 42.7 Å². The van der Waals surface area contributed by atoms with Crippen LogP contribution in [-0.4, -0.2) is 21.5 Å². The number of nitrogens with one attached hydrogen (secondary N) is 1. The molecule has 0 aliphatic rings. The highest BCUT2D eigenvalue weighted by atomic mass is 19.4. The van der Waals surface area contributed by atoms with E-state index in [-0.39, 0.29) is 0 Å². The van der Waals surface area contributed by atoms with E-state index >= 15 is 0 Å². The third kappa shape index (κ3) is 4.34. The van der Waals surface area contributed by atoms with Crippen molar-refractivity contribution in [3.8, 4) is 0 Å². The number of hydrogen-bond donors (Lipinski definition) is 1. The maximum atomic E-state index is 12.4. The number of halogens is 3. The largest absolute Gasteiger partial charge is 0.416 e. The van der Waals surface area contributed by atoms with E-state index in [0.29, 0.717) is 6.54 Å². The van der Waals surface area contributed by atoms with Gasteiger partial charge >= 0.3 is 6.18 Å². The molecule has 4 nitrogen and oxygen atoms in total. The molecular formula is C13H15F3N4. The van der Waals surface area contributed by atoms with Gasteiger partial charge in [-0.15, -0.1) is 5.10 Å². The van der Waals surface area contributed by atoms with Crippen LogP contribution in [0.5, 0.6) is 0 Å². The quantitative estimate of drug-likeness (QED) is 0.829. The summed E-state index contributed by atoms with van der Waals surface area (Å²) in [6.07, 6.45) is 0.0131. The number of rotatable bonds is 6.